The van der Waals surface area contributed by atoms with Crippen molar-refractivity contribution in [1.82, 2.24) is 16.0 Å². The van der Waals surface area contributed by atoms with Crippen molar-refractivity contribution in [2.24, 2.45) is 34.0 Å². The first kappa shape index (κ1) is 30.1. The molecule has 11 N–H and O–H groups in total. The van der Waals surface area contributed by atoms with Crippen molar-refractivity contribution in [3.8, 4) is 0 Å². The molecule has 0 aliphatic heterocycles. The monoisotopic (exact) mass is 473 g/mol. The molecule has 0 saturated carbocycles. The van der Waals surface area contributed by atoms with Crippen molar-refractivity contribution in [1.29, 1.82) is 0 Å². The van der Waals surface area contributed by atoms with Crippen LogP contribution in [0.5, 0.6) is 0 Å². The van der Waals surface area contributed by atoms with Crippen LogP contribution in [-0.4, -0.2) is 77.2 Å². The number of rotatable bonds is 15. The van der Waals surface area contributed by atoms with E-state index in [2.05, 4.69) is 20.9 Å². The summed E-state index contributed by atoms with van der Waals surface area (Å²) >= 11 is 0. The molecule has 0 heterocycles. The maximum atomic E-state index is 12.9. The molecule has 0 aromatic rings. The predicted octanol–water partition coefficient (Wildman–Crippen LogP) is -2.40. The third-order valence-electron chi connectivity index (χ3n) is 4.68. The molecule has 0 spiro atoms. The van der Waals surface area contributed by atoms with E-state index in [0.29, 0.717) is 6.42 Å². The number of nitrogens with zero attached hydrogens (tertiary/aromatic N) is 1. The first-order valence-electron chi connectivity index (χ1n) is 10.9. The molecule has 33 heavy (non-hydrogen) atoms. The van der Waals surface area contributed by atoms with Crippen molar-refractivity contribution >= 4 is 29.7 Å². The van der Waals surface area contributed by atoms with Crippen molar-refractivity contribution in [3.63, 3.8) is 0 Å². The highest BCUT2D eigenvalue weighted by molar-refractivity contribution is 5.94. The average Bonchev–Trinajstić information content (AvgIpc) is 2.71. The Morgan fingerprint density at radius 1 is 0.909 bits per heavy atom. The van der Waals surface area contributed by atoms with E-state index in [-0.39, 0.29) is 37.2 Å². The number of guanidine groups is 1. The van der Waals surface area contributed by atoms with Gasteiger partial charge in [0.2, 0.25) is 17.7 Å². The van der Waals surface area contributed by atoms with E-state index in [4.69, 9.17) is 22.3 Å². The molecule has 0 bridgehead atoms. The number of carboxylic acids is 1. The minimum absolute atomic E-state index is 0.00102. The molecular formula is C20H39N7O6. The Morgan fingerprint density at radius 3 is 1.94 bits per heavy atom. The van der Waals surface area contributed by atoms with Gasteiger partial charge in [-0.2, -0.15) is 0 Å². The molecule has 3 amide bonds. The van der Waals surface area contributed by atoms with Crippen LogP contribution in [0, 0.1) is 11.8 Å². The van der Waals surface area contributed by atoms with Gasteiger partial charge in [0.1, 0.15) is 24.2 Å². The Labute approximate surface area is 193 Å². The lowest BCUT2D eigenvalue weighted by Crippen LogP contribution is -2.58. The Balaban J connectivity index is 5.35. The molecule has 0 aromatic carbocycles. The summed E-state index contributed by atoms with van der Waals surface area (Å²) in [4.78, 5) is 53.1. The number of carbonyl (C=O) groups is 4. The maximum Gasteiger partial charge on any atom is 0.326 e. The SMILES string of the molecule is CC(C)CC(NC(=O)C(NC(=O)C(N)CO)C(C)C)C(=O)NC(CCCN=C(N)N)C(=O)O. The normalized spacial score (nSPS) is 14.7. The molecular weight excluding hydrogens is 434 g/mol. The molecule has 0 saturated heterocycles. The van der Waals surface area contributed by atoms with Crippen molar-refractivity contribution in [2.45, 2.75) is 71.1 Å². The minimum atomic E-state index is -1.23. The number of amides is 3. The molecule has 0 aromatic heterocycles. The number of carboxylic acid groups (broad SMARTS) is 1. The minimum Gasteiger partial charge on any atom is -0.480 e. The third kappa shape index (κ3) is 12.0. The highest BCUT2D eigenvalue weighted by Crippen LogP contribution is 2.09. The van der Waals surface area contributed by atoms with E-state index in [1.165, 1.54) is 0 Å². The fourth-order valence-electron chi connectivity index (χ4n) is 2.88. The molecule has 13 nitrogen and oxygen atoms in total. The second-order valence-electron chi connectivity index (χ2n) is 8.56. The lowest BCUT2D eigenvalue weighted by atomic mass is 9.99. The number of aliphatic imine (C=N–C) groups is 1. The van der Waals surface area contributed by atoms with Crippen LogP contribution in [0.1, 0.15) is 47.0 Å². The highest BCUT2D eigenvalue weighted by Gasteiger charge is 2.31. The number of aliphatic carboxylic acids is 1. The van der Waals surface area contributed by atoms with Crippen LogP contribution in [0.4, 0.5) is 0 Å². The molecule has 190 valence electrons. The first-order chi connectivity index (χ1) is 15.3. The summed E-state index contributed by atoms with van der Waals surface area (Å²) < 4.78 is 0. The number of carbonyl (C=O) groups excluding carboxylic acids is 3. The van der Waals surface area contributed by atoms with Gasteiger partial charge in [0.15, 0.2) is 5.96 Å². The van der Waals surface area contributed by atoms with Crippen LogP contribution in [0.3, 0.4) is 0 Å². The highest BCUT2D eigenvalue weighted by atomic mass is 16.4. The van der Waals surface area contributed by atoms with Gasteiger partial charge in [0, 0.05) is 6.54 Å². The Kier molecular flexibility index (Phi) is 13.7. The molecule has 0 fully saturated rings. The van der Waals surface area contributed by atoms with Crippen molar-refractivity contribution in [3.05, 3.63) is 0 Å². The van der Waals surface area contributed by atoms with Crippen LogP contribution < -0.4 is 33.2 Å². The zero-order chi connectivity index (χ0) is 25.7. The van der Waals surface area contributed by atoms with Gasteiger partial charge in [-0.25, -0.2) is 4.79 Å². The topological polar surface area (TPSA) is 235 Å². The van der Waals surface area contributed by atoms with Gasteiger partial charge in [-0.05, 0) is 31.1 Å². The van der Waals surface area contributed by atoms with Gasteiger partial charge < -0.3 is 43.4 Å². The second-order valence-corrected chi connectivity index (χ2v) is 8.56. The molecule has 0 rings (SSSR count). The lowest BCUT2D eigenvalue weighted by molar-refractivity contribution is -0.142. The third-order valence-corrected chi connectivity index (χ3v) is 4.68. The molecule has 0 aliphatic carbocycles. The van der Waals surface area contributed by atoms with Gasteiger partial charge in [0.25, 0.3) is 0 Å². The van der Waals surface area contributed by atoms with Crippen LogP contribution in [0.25, 0.3) is 0 Å². The van der Waals surface area contributed by atoms with Crippen molar-refractivity contribution in [2.75, 3.05) is 13.2 Å². The summed E-state index contributed by atoms with van der Waals surface area (Å²) in [5.41, 5.74) is 16.0. The van der Waals surface area contributed by atoms with E-state index >= 15 is 0 Å². The molecule has 4 atom stereocenters. The number of hydrogen-bond acceptors (Lipinski definition) is 7. The Hall–Kier alpha value is -2.93. The van der Waals surface area contributed by atoms with Crippen LogP contribution in [-0.2, 0) is 19.2 Å². The Bertz CT molecular complexity index is 694. The lowest BCUT2D eigenvalue weighted by Gasteiger charge is -2.27. The number of aliphatic hydroxyl groups is 1. The largest absolute Gasteiger partial charge is 0.480 e. The maximum absolute atomic E-state index is 12.9. The van der Waals surface area contributed by atoms with Gasteiger partial charge in [0.05, 0.1) is 6.61 Å². The molecule has 13 heteroatoms. The number of nitrogens with two attached hydrogens (primary N) is 3. The number of aliphatic hydroxyl groups excluding tert-OH is 1. The zero-order valence-corrected chi connectivity index (χ0v) is 19.7. The molecule has 0 radical (unpaired) electrons. The van der Waals surface area contributed by atoms with E-state index in [0.717, 1.165) is 0 Å². The van der Waals surface area contributed by atoms with E-state index in [1.54, 1.807) is 13.8 Å². The van der Waals surface area contributed by atoms with Crippen LogP contribution >= 0.6 is 0 Å². The van der Waals surface area contributed by atoms with E-state index < -0.39 is 54.5 Å². The summed E-state index contributed by atoms with van der Waals surface area (Å²) in [6.45, 7) is 6.71. The summed E-state index contributed by atoms with van der Waals surface area (Å²) in [5, 5.41) is 26.0. The smallest absolute Gasteiger partial charge is 0.326 e. The number of nitrogens with one attached hydrogen (secondary N) is 3. The summed E-state index contributed by atoms with van der Waals surface area (Å²) in [7, 11) is 0. The fraction of sp³-hybridized carbons (Fsp3) is 0.750. The quantitative estimate of drug-likeness (QED) is 0.0717. The van der Waals surface area contributed by atoms with E-state index in [9.17, 15) is 24.3 Å². The van der Waals surface area contributed by atoms with E-state index in [1.807, 2.05) is 13.8 Å². The summed E-state index contributed by atoms with van der Waals surface area (Å²) in [5.74, 6) is -3.67. The number of hydrogen-bond donors (Lipinski definition) is 8. The molecule has 0 aliphatic rings. The standard InChI is InChI=1S/C20H39N7O6/c1-10(2)8-14(17(30)25-13(19(32)33)6-5-7-24-20(22)23)26-18(31)15(11(3)4)27-16(29)12(21)9-28/h10-15,28H,5-9,21H2,1-4H3,(H,25,30)(H,26,31)(H,27,29)(H,32,33)(H4,22,23,24). The fourth-order valence-corrected chi connectivity index (χ4v) is 2.88. The second kappa shape index (κ2) is 15.0. The van der Waals surface area contributed by atoms with Crippen LogP contribution in [0.2, 0.25) is 0 Å². The summed E-state index contributed by atoms with van der Waals surface area (Å²) in [6, 6.07) is -4.42. The Morgan fingerprint density at radius 2 is 1.48 bits per heavy atom. The first-order valence-corrected chi connectivity index (χ1v) is 10.9. The van der Waals surface area contributed by atoms with Gasteiger partial charge in [-0.15, -0.1) is 0 Å². The van der Waals surface area contributed by atoms with Gasteiger partial charge >= 0.3 is 5.97 Å². The summed E-state index contributed by atoms with van der Waals surface area (Å²) in [6.07, 6.45) is 0.652. The van der Waals surface area contributed by atoms with Gasteiger partial charge in [-0.3, -0.25) is 19.4 Å². The predicted molar refractivity (Wildman–Crippen MR) is 123 cm³/mol. The zero-order valence-electron chi connectivity index (χ0n) is 19.7. The van der Waals surface area contributed by atoms with Crippen molar-refractivity contribution < 1.29 is 29.4 Å². The van der Waals surface area contributed by atoms with Gasteiger partial charge in [-0.1, -0.05) is 27.7 Å². The average molecular weight is 474 g/mol. The molecule has 4 unspecified atom stereocenters. The van der Waals surface area contributed by atoms with Crippen LogP contribution in [0.15, 0.2) is 4.99 Å².